The molecule has 0 radical (unpaired) electrons. The monoisotopic (exact) mass is 241 g/mol. The number of hydrogen-bond donors (Lipinski definition) is 1. The SMILES string of the molecule is CCC(CC)C(N)Cc1cccc2ccccc12. The van der Waals surface area contributed by atoms with E-state index in [1.54, 1.807) is 0 Å². The van der Waals surface area contributed by atoms with Gasteiger partial charge >= 0.3 is 0 Å². The summed E-state index contributed by atoms with van der Waals surface area (Å²) >= 11 is 0. The molecular formula is C17H23N. The zero-order valence-electron chi connectivity index (χ0n) is 11.4. The maximum atomic E-state index is 6.36. The van der Waals surface area contributed by atoms with Gasteiger partial charge in [0.05, 0.1) is 0 Å². The Morgan fingerprint density at radius 2 is 1.61 bits per heavy atom. The van der Waals surface area contributed by atoms with Crippen molar-refractivity contribution in [3.05, 3.63) is 48.0 Å². The van der Waals surface area contributed by atoms with Gasteiger partial charge in [-0.2, -0.15) is 0 Å². The van der Waals surface area contributed by atoms with Crippen molar-refractivity contribution in [3.8, 4) is 0 Å². The Morgan fingerprint density at radius 1 is 0.944 bits per heavy atom. The van der Waals surface area contributed by atoms with E-state index in [1.807, 2.05) is 0 Å². The van der Waals surface area contributed by atoms with E-state index in [0.29, 0.717) is 5.92 Å². The minimum atomic E-state index is 0.269. The highest BCUT2D eigenvalue weighted by molar-refractivity contribution is 5.85. The molecule has 0 aromatic heterocycles. The predicted octanol–water partition coefficient (Wildman–Crippen LogP) is 4.15. The van der Waals surface area contributed by atoms with Crippen LogP contribution in [0.1, 0.15) is 32.3 Å². The summed E-state index contributed by atoms with van der Waals surface area (Å²) in [6, 6.07) is 15.3. The van der Waals surface area contributed by atoms with Gasteiger partial charge in [0.15, 0.2) is 0 Å². The fraction of sp³-hybridized carbons (Fsp3) is 0.412. The minimum Gasteiger partial charge on any atom is -0.327 e. The molecule has 0 spiro atoms. The van der Waals surface area contributed by atoms with E-state index in [-0.39, 0.29) is 6.04 Å². The van der Waals surface area contributed by atoms with Crippen LogP contribution in [0.5, 0.6) is 0 Å². The maximum absolute atomic E-state index is 6.36. The van der Waals surface area contributed by atoms with Gasteiger partial charge in [-0.15, -0.1) is 0 Å². The Morgan fingerprint density at radius 3 is 2.33 bits per heavy atom. The lowest BCUT2D eigenvalue weighted by Gasteiger charge is -2.21. The fourth-order valence-corrected chi connectivity index (χ4v) is 2.79. The average molecular weight is 241 g/mol. The number of benzene rings is 2. The van der Waals surface area contributed by atoms with E-state index >= 15 is 0 Å². The third-order valence-electron chi connectivity index (χ3n) is 3.99. The predicted molar refractivity (Wildman–Crippen MR) is 79.7 cm³/mol. The molecular weight excluding hydrogens is 218 g/mol. The fourth-order valence-electron chi connectivity index (χ4n) is 2.79. The summed E-state index contributed by atoms with van der Waals surface area (Å²) in [7, 11) is 0. The standard InChI is InChI=1S/C17H23N/c1-3-13(4-2)17(18)12-15-10-7-9-14-8-5-6-11-16(14)15/h5-11,13,17H,3-4,12,18H2,1-2H3. The molecule has 0 fully saturated rings. The van der Waals surface area contributed by atoms with E-state index in [4.69, 9.17) is 5.73 Å². The van der Waals surface area contributed by atoms with Crippen LogP contribution in [0.15, 0.2) is 42.5 Å². The van der Waals surface area contributed by atoms with Crippen LogP contribution in [0.2, 0.25) is 0 Å². The molecule has 1 heteroatoms. The molecule has 0 aliphatic rings. The summed E-state index contributed by atoms with van der Waals surface area (Å²) in [6.45, 7) is 4.47. The van der Waals surface area contributed by atoms with Crippen LogP contribution in [0, 0.1) is 5.92 Å². The maximum Gasteiger partial charge on any atom is 0.0108 e. The summed E-state index contributed by atoms with van der Waals surface area (Å²) in [6.07, 6.45) is 3.32. The zero-order valence-corrected chi connectivity index (χ0v) is 11.4. The van der Waals surface area contributed by atoms with Gasteiger partial charge in [-0.3, -0.25) is 0 Å². The number of fused-ring (bicyclic) bond motifs is 1. The summed E-state index contributed by atoms with van der Waals surface area (Å²) < 4.78 is 0. The third-order valence-corrected chi connectivity index (χ3v) is 3.99. The molecule has 2 N–H and O–H groups in total. The van der Waals surface area contributed by atoms with Crippen LogP contribution in [-0.2, 0) is 6.42 Å². The molecule has 0 saturated heterocycles. The lowest BCUT2D eigenvalue weighted by atomic mass is 9.89. The largest absolute Gasteiger partial charge is 0.327 e. The van der Waals surface area contributed by atoms with E-state index < -0.39 is 0 Å². The quantitative estimate of drug-likeness (QED) is 0.836. The Hall–Kier alpha value is -1.34. The first-order chi connectivity index (χ1) is 8.76. The van der Waals surface area contributed by atoms with Crippen molar-refractivity contribution >= 4 is 10.8 Å². The van der Waals surface area contributed by atoms with E-state index in [0.717, 1.165) is 6.42 Å². The first-order valence-electron chi connectivity index (χ1n) is 6.98. The van der Waals surface area contributed by atoms with E-state index in [2.05, 4.69) is 56.3 Å². The van der Waals surface area contributed by atoms with Crippen molar-refractivity contribution in [1.82, 2.24) is 0 Å². The van der Waals surface area contributed by atoms with Crippen molar-refractivity contribution in [2.45, 2.75) is 39.2 Å². The van der Waals surface area contributed by atoms with Gasteiger partial charge < -0.3 is 5.73 Å². The highest BCUT2D eigenvalue weighted by Gasteiger charge is 2.15. The van der Waals surface area contributed by atoms with Crippen molar-refractivity contribution < 1.29 is 0 Å². The van der Waals surface area contributed by atoms with Gasteiger partial charge in [0.25, 0.3) is 0 Å². The molecule has 0 heterocycles. The normalized spacial score (nSPS) is 13.1. The molecule has 0 aliphatic carbocycles. The lowest BCUT2D eigenvalue weighted by molar-refractivity contribution is 0.394. The smallest absolute Gasteiger partial charge is 0.0108 e. The molecule has 2 aromatic rings. The Labute approximate surface area is 110 Å². The molecule has 1 unspecified atom stereocenters. The number of rotatable bonds is 5. The minimum absolute atomic E-state index is 0.269. The molecule has 0 aliphatic heterocycles. The molecule has 2 aromatic carbocycles. The van der Waals surface area contributed by atoms with E-state index in [9.17, 15) is 0 Å². The number of nitrogens with two attached hydrogens (primary N) is 1. The van der Waals surface area contributed by atoms with Crippen LogP contribution < -0.4 is 5.73 Å². The first kappa shape index (κ1) is 13.1. The first-order valence-corrected chi connectivity index (χ1v) is 6.98. The molecule has 2 rings (SSSR count). The third kappa shape index (κ3) is 2.73. The van der Waals surface area contributed by atoms with Gasteiger partial charge in [0.2, 0.25) is 0 Å². The van der Waals surface area contributed by atoms with Gasteiger partial charge in [-0.25, -0.2) is 0 Å². The second-order valence-corrected chi connectivity index (χ2v) is 5.08. The summed E-state index contributed by atoms with van der Waals surface area (Å²) in [5, 5.41) is 2.66. The van der Waals surface area contributed by atoms with Gasteiger partial charge in [-0.05, 0) is 28.7 Å². The zero-order chi connectivity index (χ0) is 13.0. The van der Waals surface area contributed by atoms with Gasteiger partial charge in [0.1, 0.15) is 0 Å². The van der Waals surface area contributed by atoms with Crippen LogP contribution in [0.4, 0.5) is 0 Å². The average Bonchev–Trinajstić information content (AvgIpc) is 2.40. The van der Waals surface area contributed by atoms with Crippen molar-refractivity contribution in [1.29, 1.82) is 0 Å². The lowest BCUT2D eigenvalue weighted by Crippen LogP contribution is -2.31. The van der Waals surface area contributed by atoms with Gasteiger partial charge in [0, 0.05) is 6.04 Å². The molecule has 96 valence electrons. The summed E-state index contributed by atoms with van der Waals surface area (Å²) in [5.74, 6) is 0.629. The Bertz CT molecular complexity index is 494. The summed E-state index contributed by atoms with van der Waals surface area (Å²) in [4.78, 5) is 0. The molecule has 1 atom stereocenters. The Kier molecular flexibility index (Phi) is 4.38. The van der Waals surface area contributed by atoms with Gasteiger partial charge in [-0.1, -0.05) is 69.2 Å². The summed E-state index contributed by atoms with van der Waals surface area (Å²) in [5.41, 5.74) is 7.74. The molecule has 0 saturated carbocycles. The molecule has 0 amide bonds. The topological polar surface area (TPSA) is 26.0 Å². The van der Waals surface area contributed by atoms with Crippen LogP contribution in [-0.4, -0.2) is 6.04 Å². The second kappa shape index (κ2) is 6.01. The second-order valence-electron chi connectivity index (χ2n) is 5.08. The van der Waals surface area contributed by atoms with Crippen molar-refractivity contribution in [2.24, 2.45) is 11.7 Å². The Balaban J connectivity index is 2.26. The highest BCUT2D eigenvalue weighted by Crippen LogP contribution is 2.22. The molecule has 1 nitrogen and oxygen atoms in total. The molecule has 0 bridgehead atoms. The van der Waals surface area contributed by atoms with Crippen LogP contribution >= 0.6 is 0 Å². The van der Waals surface area contributed by atoms with Crippen molar-refractivity contribution in [2.75, 3.05) is 0 Å². The number of hydrogen-bond acceptors (Lipinski definition) is 1. The van der Waals surface area contributed by atoms with Crippen LogP contribution in [0.25, 0.3) is 10.8 Å². The van der Waals surface area contributed by atoms with E-state index in [1.165, 1.54) is 29.2 Å². The van der Waals surface area contributed by atoms with Crippen LogP contribution in [0.3, 0.4) is 0 Å². The molecule has 18 heavy (non-hydrogen) atoms. The highest BCUT2D eigenvalue weighted by atomic mass is 14.6. The van der Waals surface area contributed by atoms with Crippen molar-refractivity contribution in [3.63, 3.8) is 0 Å².